The number of anilines is 2. The molecule has 7 heteroatoms. The largest absolute Gasteiger partial charge is 0.398 e. The van der Waals surface area contributed by atoms with Crippen LogP contribution in [0.25, 0.3) is 0 Å². The third kappa shape index (κ3) is 11.6. The summed E-state index contributed by atoms with van der Waals surface area (Å²) in [6.07, 6.45) is 1.42. The third-order valence-corrected chi connectivity index (χ3v) is 4.00. The fourth-order valence-electron chi connectivity index (χ4n) is 2.54. The van der Waals surface area contributed by atoms with Gasteiger partial charge in [0.05, 0.1) is 11.0 Å². The molecule has 2 aromatic rings. The summed E-state index contributed by atoms with van der Waals surface area (Å²) in [5, 5.41) is 2.99. The van der Waals surface area contributed by atoms with Gasteiger partial charge in [-0.25, -0.2) is 0 Å². The molecule has 0 radical (unpaired) electrons. The van der Waals surface area contributed by atoms with Gasteiger partial charge in [0.2, 0.25) is 5.91 Å². The molecule has 0 bridgehead atoms. The molecule has 0 heterocycles. The van der Waals surface area contributed by atoms with E-state index >= 15 is 0 Å². The smallest absolute Gasteiger partial charge is 0.224 e. The topological polar surface area (TPSA) is 89.3 Å². The van der Waals surface area contributed by atoms with E-state index in [1.807, 2.05) is 45.9 Å². The van der Waals surface area contributed by atoms with E-state index in [2.05, 4.69) is 5.32 Å². The zero-order chi connectivity index (χ0) is 23.8. The van der Waals surface area contributed by atoms with Gasteiger partial charge >= 0.3 is 0 Å². The number of nitrogen functional groups attached to an aromatic ring is 1. The van der Waals surface area contributed by atoms with Gasteiger partial charge < -0.3 is 11.1 Å². The van der Waals surface area contributed by atoms with E-state index in [4.69, 9.17) is 28.9 Å². The molecule has 0 aliphatic carbocycles. The normalized spacial score (nSPS) is 9.65. The lowest BCUT2D eigenvalue weighted by Crippen LogP contribution is -2.16. The summed E-state index contributed by atoms with van der Waals surface area (Å²) in [7, 11) is 0. The average molecular weight is 467 g/mol. The van der Waals surface area contributed by atoms with Crippen molar-refractivity contribution in [1.82, 2.24) is 0 Å². The van der Waals surface area contributed by atoms with Gasteiger partial charge in [0.1, 0.15) is 0 Å². The van der Waals surface area contributed by atoms with Crippen molar-refractivity contribution in [3.8, 4) is 0 Å². The molecule has 170 valence electrons. The molecule has 0 fully saturated rings. The SMILES string of the molecule is CCC(=O)c1ccccc1N.CCC(=O)c1ccccc1NC(=O)CC(C)C.ClCCl. The molecule has 0 atom stereocenters. The van der Waals surface area contributed by atoms with E-state index < -0.39 is 0 Å². The zero-order valence-electron chi connectivity index (χ0n) is 18.6. The number of hydrogen-bond acceptors (Lipinski definition) is 4. The fourth-order valence-corrected chi connectivity index (χ4v) is 2.54. The minimum Gasteiger partial charge on any atom is -0.398 e. The number of carbonyl (C=O) groups excluding carboxylic acids is 3. The Morgan fingerprint density at radius 2 is 1.32 bits per heavy atom. The third-order valence-electron chi connectivity index (χ3n) is 4.00. The Balaban J connectivity index is 0.000000551. The minimum absolute atomic E-state index is 0.0450. The summed E-state index contributed by atoms with van der Waals surface area (Å²) >= 11 is 9.53. The first-order valence-electron chi connectivity index (χ1n) is 10.1. The molecule has 2 aromatic carbocycles. The Kier molecular flexibility index (Phi) is 15.1. The number of benzene rings is 2. The first kappa shape index (κ1) is 28.6. The van der Waals surface area contributed by atoms with Gasteiger partial charge in [0.15, 0.2) is 11.6 Å². The Bertz CT molecular complexity index is 839. The van der Waals surface area contributed by atoms with Crippen LogP contribution < -0.4 is 11.1 Å². The Morgan fingerprint density at radius 1 is 0.871 bits per heavy atom. The highest BCUT2D eigenvalue weighted by Crippen LogP contribution is 2.17. The van der Waals surface area contributed by atoms with Crippen LogP contribution in [-0.2, 0) is 4.79 Å². The Labute approximate surface area is 195 Å². The van der Waals surface area contributed by atoms with Crippen molar-refractivity contribution in [2.45, 2.75) is 47.0 Å². The van der Waals surface area contributed by atoms with E-state index in [-0.39, 0.29) is 22.8 Å². The molecule has 0 aliphatic rings. The zero-order valence-corrected chi connectivity index (χ0v) is 20.1. The number of ketones is 2. The standard InChI is InChI=1S/C14H19NO2.C9H11NO.CH2Cl2/c1-4-13(16)11-7-5-6-8-12(11)15-14(17)9-10(2)3;1-2-9(11)7-5-3-4-6-8(7)10;2-1-3/h5-8,10H,4,9H2,1-3H3,(H,15,17);3-6H,2,10H2,1H3;1H2. The van der Waals surface area contributed by atoms with E-state index in [9.17, 15) is 14.4 Å². The van der Waals surface area contributed by atoms with Gasteiger partial charge in [0.25, 0.3) is 0 Å². The van der Waals surface area contributed by atoms with Crippen LogP contribution >= 0.6 is 23.2 Å². The number of hydrogen-bond donors (Lipinski definition) is 2. The quantitative estimate of drug-likeness (QED) is 0.275. The number of rotatable bonds is 7. The van der Waals surface area contributed by atoms with Crippen LogP contribution in [-0.4, -0.2) is 22.8 Å². The highest BCUT2D eigenvalue weighted by molar-refractivity contribution is 6.40. The van der Waals surface area contributed by atoms with E-state index in [1.54, 1.807) is 30.3 Å². The van der Waals surface area contributed by atoms with E-state index in [1.165, 1.54) is 0 Å². The number of carbonyl (C=O) groups is 3. The van der Waals surface area contributed by atoms with Gasteiger partial charge in [-0.3, -0.25) is 14.4 Å². The van der Waals surface area contributed by atoms with Crippen LogP contribution in [0.15, 0.2) is 48.5 Å². The minimum atomic E-state index is -0.0450. The first-order chi connectivity index (χ1) is 14.7. The van der Waals surface area contributed by atoms with Crippen molar-refractivity contribution < 1.29 is 14.4 Å². The number of para-hydroxylation sites is 2. The van der Waals surface area contributed by atoms with Gasteiger partial charge in [-0.15, -0.1) is 23.2 Å². The highest BCUT2D eigenvalue weighted by Gasteiger charge is 2.12. The number of Topliss-reactive ketones (excluding diaryl/α,β-unsaturated/α-hetero) is 2. The maximum absolute atomic E-state index is 11.7. The number of halogens is 2. The second kappa shape index (κ2) is 16.3. The molecule has 0 saturated carbocycles. The summed E-state index contributed by atoms with van der Waals surface area (Å²) in [6.45, 7) is 7.62. The molecular formula is C24H32Cl2N2O3. The molecule has 0 aromatic heterocycles. The molecule has 0 saturated heterocycles. The first-order valence-corrected chi connectivity index (χ1v) is 11.2. The molecule has 0 aliphatic heterocycles. The Hall–Kier alpha value is -2.37. The predicted octanol–water partition coefficient (Wildman–Crippen LogP) is 6.55. The van der Waals surface area contributed by atoms with Crippen molar-refractivity contribution in [3.63, 3.8) is 0 Å². The van der Waals surface area contributed by atoms with Gasteiger partial charge in [-0.2, -0.15) is 0 Å². The van der Waals surface area contributed by atoms with E-state index in [0.717, 1.165) is 0 Å². The number of alkyl halides is 2. The number of nitrogens with one attached hydrogen (secondary N) is 1. The van der Waals surface area contributed by atoms with E-state index in [0.29, 0.717) is 47.7 Å². The number of nitrogens with two attached hydrogens (primary N) is 1. The van der Waals surface area contributed by atoms with Crippen LogP contribution in [0.4, 0.5) is 11.4 Å². The molecule has 3 N–H and O–H groups in total. The second-order valence-corrected chi connectivity index (χ2v) is 7.74. The van der Waals surface area contributed by atoms with Crippen LogP contribution in [0.5, 0.6) is 0 Å². The average Bonchev–Trinajstić information content (AvgIpc) is 2.74. The predicted molar refractivity (Wildman–Crippen MR) is 131 cm³/mol. The van der Waals surface area contributed by atoms with Crippen molar-refractivity contribution >= 4 is 52.1 Å². The summed E-state index contributed by atoms with van der Waals surface area (Å²) in [5.41, 5.74) is 7.98. The lowest BCUT2D eigenvalue weighted by molar-refractivity contribution is -0.116. The molecule has 31 heavy (non-hydrogen) atoms. The summed E-state index contributed by atoms with van der Waals surface area (Å²) in [5.74, 6) is 0.411. The summed E-state index contributed by atoms with van der Waals surface area (Å²) < 4.78 is 0. The highest BCUT2D eigenvalue weighted by atomic mass is 35.5. The molecule has 5 nitrogen and oxygen atoms in total. The molecule has 1 amide bonds. The maximum atomic E-state index is 11.7. The summed E-state index contributed by atoms with van der Waals surface area (Å²) in [4.78, 5) is 34.5. The molecular weight excluding hydrogens is 435 g/mol. The van der Waals surface area contributed by atoms with Crippen LogP contribution in [0.3, 0.4) is 0 Å². The van der Waals surface area contributed by atoms with Crippen LogP contribution in [0.1, 0.15) is 67.7 Å². The van der Waals surface area contributed by atoms with Crippen molar-refractivity contribution in [2.24, 2.45) is 5.92 Å². The second-order valence-electron chi connectivity index (χ2n) is 6.93. The Morgan fingerprint density at radius 3 is 1.81 bits per heavy atom. The lowest BCUT2D eigenvalue weighted by atomic mass is 10.1. The van der Waals surface area contributed by atoms with Gasteiger partial charge in [-0.1, -0.05) is 52.0 Å². The van der Waals surface area contributed by atoms with Crippen molar-refractivity contribution in [3.05, 3.63) is 59.7 Å². The van der Waals surface area contributed by atoms with Gasteiger partial charge in [0, 0.05) is 36.1 Å². The van der Waals surface area contributed by atoms with Crippen molar-refractivity contribution in [1.29, 1.82) is 0 Å². The number of amides is 1. The lowest BCUT2D eigenvalue weighted by Gasteiger charge is -2.10. The van der Waals surface area contributed by atoms with Crippen molar-refractivity contribution in [2.75, 3.05) is 16.4 Å². The monoisotopic (exact) mass is 466 g/mol. The molecule has 0 spiro atoms. The molecule has 0 unspecified atom stereocenters. The summed E-state index contributed by atoms with van der Waals surface area (Å²) in [6, 6.07) is 14.3. The van der Waals surface area contributed by atoms with Gasteiger partial charge in [-0.05, 0) is 30.2 Å². The van der Waals surface area contributed by atoms with Crippen LogP contribution in [0, 0.1) is 5.92 Å². The fraction of sp³-hybridized carbons (Fsp3) is 0.375. The van der Waals surface area contributed by atoms with Crippen LogP contribution in [0.2, 0.25) is 0 Å². The maximum Gasteiger partial charge on any atom is 0.224 e. The molecule has 2 rings (SSSR count).